The molecule has 4 rings (SSSR count). The number of methoxy groups -OCH3 is 1. The summed E-state index contributed by atoms with van der Waals surface area (Å²) in [7, 11) is 1.41. The Morgan fingerprint density at radius 1 is 0.960 bits per heavy atom. The lowest BCUT2D eigenvalue weighted by Crippen LogP contribution is -2.54. The Morgan fingerprint density at radius 2 is 1.44 bits per heavy atom. The van der Waals surface area contributed by atoms with Crippen molar-refractivity contribution in [2.75, 3.05) is 7.11 Å². The highest BCUT2D eigenvalue weighted by atomic mass is 16.6. The van der Waals surface area contributed by atoms with Gasteiger partial charge in [-0.2, -0.15) is 0 Å². The Hall–Kier alpha value is -1.06. The fourth-order valence-corrected chi connectivity index (χ4v) is 6.13. The van der Waals surface area contributed by atoms with Gasteiger partial charge in [0.15, 0.2) is 0 Å². The molecule has 4 aliphatic rings. The Kier molecular flexibility index (Phi) is 4.70. The minimum Gasteiger partial charge on any atom is -0.469 e. The predicted octanol–water partition coefficient (Wildman–Crippen LogP) is 4.50. The smallest absolute Gasteiger partial charge is 0.312 e. The highest BCUT2D eigenvalue weighted by Gasteiger charge is 2.54. The minimum atomic E-state index is -0.692. The molecule has 0 spiro atoms. The zero-order valence-corrected chi connectivity index (χ0v) is 16.5. The van der Waals surface area contributed by atoms with Crippen LogP contribution < -0.4 is 0 Å². The van der Waals surface area contributed by atoms with Gasteiger partial charge in [-0.3, -0.25) is 9.59 Å². The van der Waals surface area contributed by atoms with Crippen molar-refractivity contribution in [3.8, 4) is 0 Å². The van der Waals surface area contributed by atoms with E-state index in [1.54, 1.807) is 0 Å². The second-order valence-corrected chi connectivity index (χ2v) is 9.96. The van der Waals surface area contributed by atoms with Crippen molar-refractivity contribution in [1.29, 1.82) is 0 Å². The molecule has 4 aliphatic carbocycles. The van der Waals surface area contributed by atoms with Gasteiger partial charge in [-0.1, -0.05) is 6.92 Å². The van der Waals surface area contributed by atoms with Crippen LogP contribution in [0.2, 0.25) is 0 Å². The van der Waals surface area contributed by atoms with Crippen LogP contribution >= 0.6 is 0 Å². The van der Waals surface area contributed by atoms with Crippen LogP contribution in [0.25, 0.3) is 0 Å². The van der Waals surface area contributed by atoms with Gasteiger partial charge in [-0.15, -0.1) is 0 Å². The molecule has 0 aromatic rings. The lowest BCUT2D eigenvalue weighted by atomic mass is 9.54. The molecule has 0 aromatic heterocycles. The van der Waals surface area contributed by atoms with Crippen LogP contribution in [0.5, 0.6) is 0 Å². The summed E-state index contributed by atoms with van der Waals surface area (Å²) in [6, 6.07) is 0. The maximum atomic E-state index is 13.1. The Bertz CT molecular complexity index is 515. The summed E-state index contributed by atoms with van der Waals surface area (Å²) < 4.78 is 11.2. The van der Waals surface area contributed by atoms with Gasteiger partial charge in [0.25, 0.3) is 0 Å². The lowest BCUT2D eigenvalue weighted by molar-refractivity contribution is -0.197. The Balaban J connectivity index is 1.70. The zero-order valence-electron chi connectivity index (χ0n) is 16.5. The molecule has 0 heterocycles. The molecule has 0 radical (unpaired) electrons. The third-order valence-corrected chi connectivity index (χ3v) is 7.13. The van der Waals surface area contributed by atoms with Gasteiger partial charge in [0, 0.05) is 0 Å². The summed E-state index contributed by atoms with van der Waals surface area (Å²) in [5.74, 6) is 1.86. The van der Waals surface area contributed by atoms with Crippen molar-refractivity contribution in [2.24, 2.45) is 28.6 Å². The number of carbonyl (C=O) groups is 2. The Labute approximate surface area is 152 Å². The molecule has 0 amide bonds. The fraction of sp³-hybridized carbons (Fsp3) is 0.905. The lowest BCUT2D eigenvalue weighted by Gasteiger charge is -2.56. The van der Waals surface area contributed by atoms with E-state index in [4.69, 9.17) is 9.47 Å². The van der Waals surface area contributed by atoms with E-state index in [-0.39, 0.29) is 17.5 Å². The van der Waals surface area contributed by atoms with E-state index in [9.17, 15) is 9.59 Å². The van der Waals surface area contributed by atoms with Crippen LogP contribution in [0.1, 0.15) is 79.1 Å². The molecule has 4 nitrogen and oxygen atoms in total. The number of carbonyl (C=O) groups excluding carboxylic acids is 2. The molecular formula is C21H34O4. The highest BCUT2D eigenvalue weighted by Crippen LogP contribution is 2.57. The van der Waals surface area contributed by atoms with E-state index >= 15 is 0 Å². The molecule has 4 heteroatoms. The normalized spacial score (nSPS) is 36.0. The van der Waals surface area contributed by atoms with E-state index in [1.807, 2.05) is 27.7 Å². The van der Waals surface area contributed by atoms with E-state index in [1.165, 1.54) is 26.4 Å². The first kappa shape index (κ1) is 18.7. The molecule has 1 atom stereocenters. The van der Waals surface area contributed by atoms with Crippen LogP contribution in [0, 0.1) is 28.6 Å². The maximum absolute atomic E-state index is 13.1. The highest BCUT2D eigenvalue weighted by molar-refractivity contribution is 5.80. The van der Waals surface area contributed by atoms with Crippen molar-refractivity contribution in [1.82, 2.24) is 0 Å². The summed E-state index contributed by atoms with van der Waals surface area (Å²) in [5, 5.41) is 0. The molecule has 1 unspecified atom stereocenters. The monoisotopic (exact) mass is 350 g/mol. The first-order valence-corrected chi connectivity index (χ1v) is 9.93. The second kappa shape index (κ2) is 6.28. The molecule has 4 fully saturated rings. The third-order valence-electron chi connectivity index (χ3n) is 7.13. The van der Waals surface area contributed by atoms with E-state index < -0.39 is 10.8 Å². The summed E-state index contributed by atoms with van der Waals surface area (Å²) >= 11 is 0. The average molecular weight is 350 g/mol. The maximum Gasteiger partial charge on any atom is 0.312 e. The van der Waals surface area contributed by atoms with E-state index in [0.29, 0.717) is 12.8 Å². The van der Waals surface area contributed by atoms with Crippen LogP contribution in [0.3, 0.4) is 0 Å². The van der Waals surface area contributed by atoms with Gasteiger partial charge >= 0.3 is 11.9 Å². The number of ether oxygens (including phenoxy) is 2. The summed E-state index contributed by atoms with van der Waals surface area (Å²) in [5.41, 5.74) is -1.57. The molecule has 25 heavy (non-hydrogen) atoms. The Morgan fingerprint density at radius 3 is 1.84 bits per heavy atom. The topological polar surface area (TPSA) is 52.6 Å². The van der Waals surface area contributed by atoms with Crippen LogP contribution in [-0.4, -0.2) is 24.6 Å². The fourth-order valence-electron chi connectivity index (χ4n) is 6.13. The zero-order chi connectivity index (χ0) is 18.5. The van der Waals surface area contributed by atoms with Crippen molar-refractivity contribution >= 4 is 11.9 Å². The summed E-state index contributed by atoms with van der Waals surface area (Å²) in [6.45, 7) is 7.68. The van der Waals surface area contributed by atoms with Crippen molar-refractivity contribution in [2.45, 2.75) is 84.7 Å². The SMILES string of the molecule is CCC(C)(CC(C)(C)C(=O)OC12CC3CC(CC(C3)C1)C2)C(=O)OC. The number of hydrogen-bond donors (Lipinski definition) is 0. The minimum absolute atomic E-state index is 0.141. The summed E-state index contributed by atoms with van der Waals surface area (Å²) in [6.07, 6.45) is 8.22. The molecule has 0 saturated heterocycles. The van der Waals surface area contributed by atoms with Crippen molar-refractivity contribution in [3.05, 3.63) is 0 Å². The van der Waals surface area contributed by atoms with Crippen molar-refractivity contribution in [3.63, 3.8) is 0 Å². The van der Waals surface area contributed by atoms with E-state index in [2.05, 4.69) is 0 Å². The molecule has 4 saturated carbocycles. The van der Waals surface area contributed by atoms with E-state index in [0.717, 1.165) is 37.0 Å². The van der Waals surface area contributed by atoms with Crippen LogP contribution in [0.15, 0.2) is 0 Å². The molecule has 0 aliphatic heterocycles. The number of esters is 2. The standard InChI is InChI=1S/C21H34O4/c1-6-20(4,18(23)24-5)13-19(2,3)17(22)25-21-10-14-7-15(11-21)9-16(8-14)12-21/h14-16H,6-13H2,1-5H3. The molecule has 142 valence electrons. The first-order chi connectivity index (χ1) is 11.6. The first-order valence-electron chi connectivity index (χ1n) is 9.93. The largest absolute Gasteiger partial charge is 0.469 e. The average Bonchev–Trinajstić information content (AvgIpc) is 2.51. The molecule has 4 bridgehead atoms. The number of hydrogen-bond acceptors (Lipinski definition) is 4. The quantitative estimate of drug-likeness (QED) is 0.662. The van der Waals surface area contributed by atoms with Gasteiger partial charge in [0.05, 0.1) is 17.9 Å². The molecular weight excluding hydrogens is 316 g/mol. The van der Waals surface area contributed by atoms with Crippen molar-refractivity contribution < 1.29 is 19.1 Å². The van der Waals surface area contributed by atoms with Crippen LogP contribution in [-0.2, 0) is 19.1 Å². The number of rotatable bonds is 6. The molecule has 0 aromatic carbocycles. The second-order valence-electron chi connectivity index (χ2n) is 9.96. The van der Waals surface area contributed by atoms with Crippen LogP contribution in [0.4, 0.5) is 0 Å². The van der Waals surface area contributed by atoms with Gasteiger partial charge in [0.1, 0.15) is 5.60 Å². The van der Waals surface area contributed by atoms with Gasteiger partial charge in [0.2, 0.25) is 0 Å². The third kappa shape index (κ3) is 3.46. The summed E-state index contributed by atoms with van der Waals surface area (Å²) in [4.78, 5) is 25.3. The predicted molar refractivity (Wildman–Crippen MR) is 95.8 cm³/mol. The molecule has 0 N–H and O–H groups in total. The van der Waals surface area contributed by atoms with Gasteiger partial charge in [-0.25, -0.2) is 0 Å². The van der Waals surface area contributed by atoms with Gasteiger partial charge in [-0.05, 0) is 89.9 Å². The van der Waals surface area contributed by atoms with Gasteiger partial charge < -0.3 is 9.47 Å².